The monoisotopic (exact) mass is 367 g/mol. The zero-order chi connectivity index (χ0) is 18.3. The summed E-state index contributed by atoms with van der Waals surface area (Å²) >= 11 is 0. The number of aryl methyl sites for hydroxylation is 2. The third kappa shape index (κ3) is 2.84. The summed E-state index contributed by atoms with van der Waals surface area (Å²) in [6.45, 7) is 1.99. The Labute approximate surface area is 151 Å². The lowest BCUT2D eigenvalue weighted by Gasteiger charge is -2.09. The predicted molar refractivity (Wildman–Crippen MR) is 99.4 cm³/mol. The van der Waals surface area contributed by atoms with Crippen LogP contribution < -0.4 is 4.72 Å². The van der Waals surface area contributed by atoms with Crippen LogP contribution in [0.5, 0.6) is 0 Å². The van der Waals surface area contributed by atoms with Gasteiger partial charge in [0.15, 0.2) is 5.03 Å². The minimum absolute atomic E-state index is 0.0272. The SMILES string of the molecule is Cc1cccn2cc(-c3ccccc3NS(=O)(=O)c3cn(C)cn3)nc12. The second-order valence-electron chi connectivity index (χ2n) is 6.08. The number of sulfonamides is 1. The molecule has 0 aliphatic heterocycles. The third-order valence-corrected chi connectivity index (χ3v) is 5.33. The number of aromatic nitrogens is 4. The molecule has 0 bridgehead atoms. The normalized spacial score (nSPS) is 11.8. The fraction of sp³-hybridized carbons (Fsp3) is 0.111. The number of hydrogen-bond donors (Lipinski definition) is 1. The highest BCUT2D eigenvalue weighted by molar-refractivity contribution is 7.92. The van der Waals surface area contributed by atoms with E-state index in [2.05, 4.69) is 14.7 Å². The number of fused-ring (bicyclic) bond motifs is 1. The second kappa shape index (κ2) is 5.99. The van der Waals surface area contributed by atoms with Crippen LogP contribution in [0.2, 0.25) is 0 Å². The molecule has 0 amide bonds. The molecule has 132 valence electrons. The van der Waals surface area contributed by atoms with Gasteiger partial charge >= 0.3 is 0 Å². The summed E-state index contributed by atoms with van der Waals surface area (Å²) in [5.74, 6) is 0. The first-order valence-corrected chi connectivity index (χ1v) is 9.47. The lowest BCUT2D eigenvalue weighted by atomic mass is 10.1. The van der Waals surface area contributed by atoms with Gasteiger partial charge in [0, 0.05) is 31.2 Å². The van der Waals surface area contributed by atoms with Gasteiger partial charge in [-0.2, -0.15) is 8.42 Å². The van der Waals surface area contributed by atoms with E-state index in [1.807, 2.05) is 48.0 Å². The molecule has 0 saturated carbocycles. The van der Waals surface area contributed by atoms with E-state index in [4.69, 9.17) is 0 Å². The molecule has 4 rings (SSSR count). The molecule has 0 fully saturated rings. The number of hydrogen-bond acceptors (Lipinski definition) is 4. The maximum Gasteiger partial charge on any atom is 0.280 e. The number of nitrogens with one attached hydrogen (secondary N) is 1. The summed E-state index contributed by atoms with van der Waals surface area (Å²) in [7, 11) is -2.06. The van der Waals surface area contributed by atoms with Crippen LogP contribution in [-0.4, -0.2) is 27.4 Å². The average molecular weight is 367 g/mol. The van der Waals surface area contributed by atoms with E-state index < -0.39 is 10.0 Å². The molecule has 0 aliphatic carbocycles. The molecule has 7 nitrogen and oxygen atoms in total. The number of imidazole rings is 2. The summed E-state index contributed by atoms with van der Waals surface area (Å²) < 4.78 is 31.4. The van der Waals surface area contributed by atoms with Crippen LogP contribution in [0.3, 0.4) is 0 Å². The van der Waals surface area contributed by atoms with Gasteiger partial charge in [-0.1, -0.05) is 24.3 Å². The van der Waals surface area contributed by atoms with E-state index in [0.29, 0.717) is 16.9 Å². The first-order valence-electron chi connectivity index (χ1n) is 7.98. The fourth-order valence-corrected chi connectivity index (χ4v) is 3.87. The number of nitrogens with zero attached hydrogens (tertiary/aromatic N) is 4. The Balaban J connectivity index is 1.78. The van der Waals surface area contributed by atoms with Gasteiger partial charge < -0.3 is 8.97 Å². The number of anilines is 1. The highest BCUT2D eigenvalue weighted by Gasteiger charge is 2.19. The minimum Gasteiger partial charge on any atom is -0.339 e. The van der Waals surface area contributed by atoms with Crippen molar-refractivity contribution in [2.75, 3.05) is 4.72 Å². The van der Waals surface area contributed by atoms with Crippen LogP contribution in [0.4, 0.5) is 5.69 Å². The van der Waals surface area contributed by atoms with Gasteiger partial charge in [0.2, 0.25) is 0 Å². The Hall–Kier alpha value is -3.13. The molecular formula is C18H17N5O2S. The Kier molecular flexibility index (Phi) is 3.77. The van der Waals surface area contributed by atoms with Crippen molar-refractivity contribution in [1.82, 2.24) is 18.9 Å². The standard InChI is InChI=1S/C18H17N5O2S/c1-13-6-5-9-23-10-16(20-18(13)23)14-7-3-4-8-15(14)21-26(24,25)17-11-22(2)12-19-17/h3-12,21H,1-2H3. The third-order valence-electron chi connectivity index (χ3n) is 4.08. The highest BCUT2D eigenvalue weighted by atomic mass is 32.2. The van der Waals surface area contributed by atoms with E-state index >= 15 is 0 Å². The summed E-state index contributed by atoms with van der Waals surface area (Å²) in [5, 5.41) is -0.0272. The van der Waals surface area contributed by atoms with Crippen LogP contribution in [0, 0.1) is 6.92 Å². The molecule has 3 heterocycles. The van der Waals surface area contributed by atoms with Gasteiger partial charge in [0.25, 0.3) is 10.0 Å². The van der Waals surface area contributed by atoms with E-state index in [0.717, 1.165) is 11.2 Å². The van der Waals surface area contributed by atoms with Crippen molar-refractivity contribution in [3.63, 3.8) is 0 Å². The van der Waals surface area contributed by atoms with Crippen LogP contribution in [0.1, 0.15) is 5.56 Å². The molecule has 8 heteroatoms. The van der Waals surface area contributed by atoms with Crippen LogP contribution >= 0.6 is 0 Å². The summed E-state index contributed by atoms with van der Waals surface area (Å²) in [5.41, 5.74) is 3.74. The first kappa shape index (κ1) is 16.3. The van der Waals surface area contributed by atoms with Gasteiger partial charge in [0.1, 0.15) is 5.65 Å². The molecular weight excluding hydrogens is 350 g/mol. The topological polar surface area (TPSA) is 81.3 Å². The second-order valence-corrected chi connectivity index (χ2v) is 7.71. The number of benzene rings is 1. The van der Waals surface area contributed by atoms with Crippen LogP contribution in [0.15, 0.2) is 66.3 Å². The van der Waals surface area contributed by atoms with Crippen molar-refractivity contribution < 1.29 is 8.42 Å². The largest absolute Gasteiger partial charge is 0.339 e. The smallest absolute Gasteiger partial charge is 0.280 e. The highest BCUT2D eigenvalue weighted by Crippen LogP contribution is 2.29. The molecule has 1 N–H and O–H groups in total. The van der Waals surface area contributed by atoms with E-state index in [1.165, 1.54) is 12.5 Å². The van der Waals surface area contributed by atoms with Gasteiger partial charge in [-0.05, 0) is 24.6 Å². The van der Waals surface area contributed by atoms with Gasteiger partial charge in [-0.3, -0.25) is 4.72 Å². The van der Waals surface area contributed by atoms with Crippen molar-refractivity contribution in [3.05, 3.63) is 66.9 Å². The zero-order valence-corrected chi connectivity index (χ0v) is 15.1. The van der Waals surface area contributed by atoms with E-state index in [-0.39, 0.29) is 5.03 Å². The summed E-state index contributed by atoms with van der Waals surface area (Å²) in [6, 6.07) is 11.1. The maximum atomic E-state index is 12.6. The first-order chi connectivity index (χ1) is 12.4. The Morgan fingerprint density at radius 3 is 2.62 bits per heavy atom. The van der Waals surface area contributed by atoms with E-state index in [9.17, 15) is 8.42 Å². The molecule has 0 radical (unpaired) electrons. The Morgan fingerprint density at radius 2 is 1.88 bits per heavy atom. The molecule has 0 aliphatic rings. The fourth-order valence-electron chi connectivity index (χ4n) is 2.80. The Bertz CT molecular complexity index is 1210. The average Bonchev–Trinajstić information content (AvgIpc) is 3.22. The maximum absolute atomic E-state index is 12.6. The quantitative estimate of drug-likeness (QED) is 0.601. The van der Waals surface area contributed by atoms with Crippen molar-refractivity contribution in [1.29, 1.82) is 0 Å². The number of para-hydroxylation sites is 1. The molecule has 3 aromatic heterocycles. The molecule has 1 aromatic carbocycles. The lowest BCUT2D eigenvalue weighted by Crippen LogP contribution is -2.14. The molecule has 26 heavy (non-hydrogen) atoms. The van der Waals surface area contributed by atoms with Crippen molar-refractivity contribution in [3.8, 4) is 11.3 Å². The predicted octanol–water partition coefficient (Wildman–Crippen LogP) is 2.84. The molecule has 0 unspecified atom stereocenters. The summed E-state index contributed by atoms with van der Waals surface area (Å²) in [4.78, 5) is 8.58. The van der Waals surface area contributed by atoms with Gasteiger partial charge in [-0.15, -0.1) is 0 Å². The van der Waals surface area contributed by atoms with Crippen molar-refractivity contribution in [2.24, 2.45) is 7.05 Å². The zero-order valence-electron chi connectivity index (χ0n) is 14.3. The molecule has 0 spiro atoms. The van der Waals surface area contributed by atoms with Crippen LogP contribution in [-0.2, 0) is 17.1 Å². The lowest BCUT2D eigenvalue weighted by molar-refractivity contribution is 0.598. The Morgan fingerprint density at radius 1 is 1.08 bits per heavy atom. The number of pyridine rings is 1. The van der Waals surface area contributed by atoms with Crippen molar-refractivity contribution in [2.45, 2.75) is 11.9 Å². The number of rotatable bonds is 4. The minimum atomic E-state index is -3.78. The van der Waals surface area contributed by atoms with Gasteiger partial charge in [-0.25, -0.2) is 9.97 Å². The van der Waals surface area contributed by atoms with Crippen LogP contribution in [0.25, 0.3) is 16.9 Å². The molecule has 0 saturated heterocycles. The summed E-state index contributed by atoms with van der Waals surface area (Å²) in [6.07, 6.45) is 6.71. The molecule has 4 aromatic rings. The van der Waals surface area contributed by atoms with Gasteiger partial charge in [0.05, 0.1) is 17.7 Å². The van der Waals surface area contributed by atoms with E-state index in [1.54, 1.807) is 23.7 Å². The molecule has 0 atom stereocenters. The van der Waals surface area contributed by atoms with Crippen molar-refractivity contribution >= 4 is 21.4 Å².